The molecular formula is C13H24BF4N2. The average Bonchev–Trinajstić information content (AvgIpc) is 2.65. The van der Waals surface area contributed by atoms with Gasteiger partial charge in [-0.25, -0.2) is 0 Å². The summed E-state index contributed by atoms with van der Waals surface area (Å²) in [4.78, 5) is 4.92. The molecule has 0 N–H and O–H groups in total. The van der Waals surface area contributed by atoms with Crippen molar-refractivity contribution in [3.63, 3.8) is 0 Å². The Hall–Kier alpha value is -1.40. The zero-order valence-electron chi connectivity index (χ0n) is 11.9. The van der Waals surface area contributed by atoms with Gasteiger partial charge in [-0.05, 0) is 25.5 Å². The molecule has 2 rings (SSSR count). The monoisotopic (exact) mass is 295 g/mol. The van der Waals surface area contributed by atoms with E-state index in [1.54, 1.807) is 0 Å². The molecule has 1 aliphatic heterocycles. The fraction of sp³-hybridized carbons (Fsp3) is 0.538. The van der Waals surface area contributed by atoms with Gasteiger partial charge in [0.1, 0.15) is 0 Å². The standard InChI is InChI=1S/C13H20N2.B.4FH/c1-3-5-10-15-11-14(4-2)12-8-6-7-9-13(12)15;;;;;/h6-9H,3-5,10-11H2,1-2H3;;4*1H. The van der Waals surface area contributed by atoms with Crippen LogP contribution >= 0.6 is 0 Å². The summed E-state index contributed by atoms with van der Waals surface area (Å²) in [5, 5.41) is 0. The van der Waals surface area contributed by atoms with E-state index in [-0.39, 0.29) is 27.2 Å². The second-order valence-corrected chi connectivity index (χ2v) is 4.10. The van der Waals surface area contributed by atoms with Crippen molar-refractivity contribution in [3.8, 4) is 0 Å². The Labute approximate surface area is 120 Å². The molecule has 117 valence electrons. The van der Waals surface area contributed by atoms with Crippen LogP contribution in [-0.2, 0) is 0 Å². The van der Waals surface area contributed by atoms with Gasteiger partial charge in [-0.3, -0.25) is 18.8 Å². The Morgan fingerprint density at radius 1 is 0.900 bits per heavy atom. The maximum absolute atomic E-state index is 2.49. The van der Waals surface area contributed by atoms with Crippen molar-refractivity contribution < 1.29 is 18.8 Å². The molecule has 0 atom stereocenters. The molecule has 1 aromatic rings. The molecule has 0 spiro atoms. The third-order valence-electron chi connectivity index (χ3n) is 3.07. The number of unbranched alkanes of at least 4 members (excludes halogenated alkanes) is 1. The Balaban J connectivity index is -0.000000256. The predicted molar refractivity (Wildman–Crippen MR) is 82.3 cm³/mol. The Kier molecular flexibility index (Phi) is 17.1. The molecule has 0 fully saturated rings. The van der Waals surface area contributed by atoms with Crippen molar-refractivity contribution in [2.24, 2.45) is 0 Å². The highest BCUT2D eigenvalue weighted by Crippen LogP contribution is 2.35. The van der Waals surface area contributed by atoms with E-state index < -0.39 is 0 Å². The van der Waals surface area contributed by atoms with Crippen LogP contribution in [0.15, 0.2) is 24.3 Å². The molecule has 0 unspecified atom stereocenters. The first-order chi connectivity index (χ1) is 7.36. The smallest absolute Gasteiger partial charge is 0.0904 e. The van der Waals surface area contributed by atoms with Crippen molar-refractivity contribution in [1.29, 1.82) is 0 Å². The minimum Gasteiger partial charge on any atom is -0.352 e. The van der Waals surface area contributed by atoms with Crippen LogP contribution in [0.25, 0.3) is 0 Å². The van der Waals surface area contributed by atoms with Crippen LogP contribution in [0, 0.1) is 0 Å². The van der Waals surface area contributed by atoms with Crippen molar-refractivity contribution in [2.45, 2.75) is 26.7 Å². The maximum atomic E-state index is 2.49. The van der Waals surface area contributed by atoms with Gasteiger partial charge in [0.25, 0.3) is 0 Å². The highest BCUT2D eigenvalue weighted by atomic mass is 19.0. The Morgan fingerprint density at radius 2 is 1.40 bits per heavy atom. The number of rotatable bonds is 4. The number of anilines is 2. The molecular weight excluding hydrogens is 271 g/mol. The van der Waals surface area contributed by atoms with Crippen LogP contribution in [0.4, 0.5) is 30.2 Å². The molecule has 0 saturated heterocycles. The van der Waals surface area contributed by atoms with Crippen LogP contribution in [0.5, 0.6) is 0 Å². The summed E-state index contributed by atoms with van der Waals surface area (Å²) in [6, 6.07) is 8.73. The SMILES string of the molecule is CCCCN1CN(CC)c2ccccc21.F.F.F.F.[B]. The molecule has 2 nitrogen and oxygen atoms in total. The number of fused-ring (bicyclic) bond motifs is 1. The molecule has 1 aliphatic rings. The van der Waals surface area contributed by atoms with E-state index >= 15 is 0 Å². The van der Waals surface area contributed by atoms with Gasteiger partial charge < -0.3 is 9.80 Å². The normalized spacial score (nSPS) is 10.9. The van der Waals surface area contributed by atoms with E-state index in [0.29, 0.717) is 0 Å². The first kappa shape index (κ1) is 27.0. The maximum Gasteiger partial charge on any atom is 0.0904 e. The summed E-state index contributed by atoms with van der Waals surface area (Å²) >= 11 is 0. The van der Waals surface area contributed by atoms with Gasteiger partial charge in [0.05, 0.1) is 18.0 Å². The lowest BCUT2D eigenvalue weighted by Gasteiger charge is -2.20. The summed E-state index contributed by atoms with van der Waals surface area (Å²) in [6.45, 7) is 7.82. The number of para-hydroxylation sites is 2. The molecule has 7 heteroatoms. The molecule has 1 aromatic carbocycles. The predicted octanol–water partition coefficient (Wildman–Crippen LogP) is 3.32. The first-order valence-electron chi connectivity index (χ1n) is 5.95. The molecule has 0 aliphatic carbocycles. The van der Waals surface area contributed by atoms with Gasteiger partial charge in [-0.1, -0.05) is 25.5 Å². The Morgan fingerprint density at radius 3 is 1.85 bits per heavy atom. The number of nitrogens with zero attached hydrogens (tertiary/aromatic N) is 2. The van der Waals surface area contributed by atoms with E-state index in [1.807, 2.05) is 0 Å². The minimum absolute atomic E-state index is 0. The number of hydrogen-bond donors (Lipinski definition) is 0. The van der Waals surface area contributed by atoms with Crippen LogP contribution in [0.2, 0.25) is 0 Å². The minimum atomic E-state index is 0. The highest BCUT2D eigenvalue weighted by molar-refractivity contribution is 5.76. The fourth-order valence-corrected chi connectivity index (χ4v) is 2.17. The summed E-state index contributed by atoms with van der Waals surface area (Å²) in [5.74, 6) is 0. The van der Waals surface area contributed by atoms with Gasteiger partial charge in [-0.15, -0.1) is 0 Å². The molecule has 0 saturated carbocycles. The Bertz CT molecular complexity index is 342. The number of halogens is 4. The molecule has 0 aromatic heterocycles. The fourth-order valence-electron chi connectivity index (χ4n) is 2.17. The van der Waals surface area contributed by atoms with Crippen molar-refractivity contribution >= 4 is 19.8 Å². The lowest BCUT2D eigenvalue weighted by molar-refractivity contribution is 0.717. The molecule has 1 heterocycles. The van der Waals surface area contributed by atoms with E-state index in [0.717, 1.165) is 13.2 Å². The van der Waals surface area contributed by atoms with Gasteiger partial charge in [-0.2, -0.15) is 0 Å². The second-order valence-electron chi connectivity index (χ2n) is 4.10. The number of hydrogen-bond acceptors (Lipinski definition) is 2. The van der Waals surface area contributed by atoms with Crippen molar-refractivity contribution in [1.82, 2.24) is 0 Å². The molecule has 0 bridgehead atoms. The van der Waals surface area contributed by atoms with Gasteiger partial charge in [0.15, 0.2) is 0 Å². The van der Waals surface area contributed by atoms with Crippen molar-refractivity contribution in [2.75, 3.05) is 29.6 Å². The van der Waals surface area contributed by atoms with Crippen LogP contribution in [-0.4, -0.2) is 28.2 Å². The summed E-state index contributed by atoms with van der Waals surface area (Å²) < 4.78 is 0. The van der Waals surface area contributed by atoms with Crippen LogP contribution in [0.3, 0.4) is 0 Å². The zero-order chi connectivity index (χ0) is 10.7. The van der Waals surface area contributed by atoms with Crippen LogP contribution in [0.1, 0.15) is 26.7 Å². The third-order valence-corrected chi connectivity index (χ3v) is 3.07. The van der Waals surface area contributed by atoms with Crippen LogP contribution < -0.4 is 9.80 Å². The molecule has 3 radical (unpaired) electrons. The first-order valence-corrected chi connectivity index (χ1v) is 5.95. The number of benzene rings is 1. The average molecular weight is 295 g/mol. The van der Waals surface area contributed by atoms with Gasteiger partial charge in [0.2, 0.25) is 0 Å². The van der Waals surface area contributed by atoms with E-state index in [9.17, 15) is 0 Å². The third kappa shape index (κ3) is 5.31. The van der Waals surface area contributed by atoms with Crippen molar-refractivity contribution in [3.05, 3.63) is 24.3 Å². The quantitative estimate of drug-likeness (QED) is 0.621. The van der Waals surface area contributed by atoms with Gasteiger partial charge >= 0.3 is 0 Å². The summed E-state index contributed by atoms with van der Waals surface area (Å²) in [6.07, 6.45) is 2.55. The lowest BCUT2D eigenvalue weighted by atomic mass is 10.2. The highest BCUT2D eigenvalue weighted by Gasteiger charge is 2.22. The molecule has 0 amide bonds. The second kappa shape index (κ2) is 12.6. The van der Waals surface area contributed by atoms with E-state index in [4.69, 9.17) is 0 Å². The topological polar surface area (TPSA) is 6.48 Å². The lowest BCUT2D eigenvalue weighted by Crippen LogP contribution is -2.31. The zero-order valence-corrected chi connectivity index (χ0v) is 11.9. The van der Waals surface area contributed by atoms with E-state index in [2.05, 4.69) is 47.9 Å². The largest absolute Gasteiger partial charge is 0.352 e. The molecule has 20 heavy (non-hydrogen) atoms. The van der Waals surface area contributed by atoms with Gasteiger partial charge in [0, 0.05) is 21.5 Å². The summed E-state index contributed by atoms with van der Waals surface area (Å²) in [5.41, 5.74) is 2.81. The summed E-state index contributed by atoms with van der Waals surface area (Å²) in [7, 11) is 0. The van der Waals surface area contributed by atoms with E-state index in [1.165, 1.54) is 30.8 Å².